The minimum atomic E-state index is 0.316. The van der Waals surface area contributed by atoms with Gasteiger partial charge in [0.05, 0.1) is 5.69 Å². The van der Waals surface area contributed by atoms with Gasteiger partial charge in [-0.05, 0) is 102 Å². The first kappa shape index (κ1) is 29.5. The third kappa shape index (κ3) is 5.15. The summed E-state index contributed by atoms with van der Waals surface area (Å²) in [7, 11) is 0. The van der Waals surface area contributed by atoms with Crippen LogP contribution in [0.2, 0.25) is 0 Å². The molecule has 0 radical (unpaired) electrons. The lowest BCUT2D eigenvalue weighted by atomic mass is 9.56. The lowest BCUT2D eigenvalue weighted by Gasteiger charge is -2.48. The van der Waals surface area contributed by atoms with E-state index in [1.165, 1.54) is 111 Å². The van der Waals surface area contributed by atoms with E-state index >= 15 is 0 Å². The highest BCUT2D eigenvalue weighted by Crippen LogP contribution is 2.54. The standard InChI is InChI=1S/C46H41NS/c1-3-13-33(14-4-1)34-21-24-38(25-22-34)47(39-26-27-41-40-19-7-8-20-44(40)48-45(41)32-39)43-28-23-37(31-42(43)35-15-5-2-6-16-35)46-29-11-9-17-36(46)18-10-12-30-46/h1-8,13-16,19-28,31-32,36H,9-12,17-18,29-30H2. The Morgan fingerprint density at radius 2 is 1.12 bits per heavy atom. The molecule has 0 spiro atoms. The van der Waals surface area contributed by atoms with Crippen LogP contribution in [0.25, 0.3) is 42.4 Å². The minimum Gasteiger partial charge on any atom is -0.310 e. The highest BCUT2D eigenvalue weighted by Gasteiger charge is 2.43. The zero-order valence-corrected chi connectivity index (χ0v) is 28.3. The summed E-state index contributed by atoms with van der Waals surface area (Å²) in [5, 5.41) is 2.67. The molecule has 1 heterocycles. The van der Waals surface area contributed by atoms with Crippen LogP contribution in [0.3, 0.4) is 0 Å². The number of nitrogens with zero attached hydrogens (tertiary/aromatic N) is 1. The molecule has 1 aromatic heterocycles. The monoisotopic (exact) mass is 639 g/mol. The van der Waals surface area contributed by atoms with Crippen molar-refractivity contribution in [2.24, 2.45) is 5.92 Å². The summed E-state index contributed by atoms with van der Waals surface area (Å²) in [6.07, 6.45) is 10.9. The Kier molecular flexibility index (Phi) is 7.62. The van der Waals surface area contributed by atoms with Gasteiger partial charge in [0.25, 0.3) is 0 Å². The van der Waals surface area contributed by atoms with Gasteiger partial charge in [0.1, 0.15) is 0 Å². The van der Waals surface area contributed by atoms with E-state index in [4.69, 9.17) is 0 Å². The van der Waals surface area contributed by atoms with Crippen molar-refractivity contribution in [3.8, 4) is 22.3 Å². The van der Waals surface area contributed by atoms with E-state index in [0.717, 1.165) is 5.92 Å². The van der Waals surface area contributed by atoms with E-state index in [1.807, 2.05) is 11.3 Å². The lowest BCUT2D eigenvalue weighted by Crippen LogP contribution is -2.40. The minimum absolute atomic E-state index is 0.316. The van der Waals surface area contributed by atoms with Crippen molar-refractivity contribution >= 4 is 48.6 Å². The fourth-order valence-electron chi connectivity index (χ4n) is 9.02. The van der Waals surface area contributed by atoms with Gasteiger partial charge in [-0.25, -0.2) is 0 Å². The summed E-state index contributed by atoms with van der Waals surface area (Å²) in [4.78, 5) is 2.50. The summed E-state index contributed by atoms with van der Waals surface area (Å²) in [6, 6.07) is 54.4. The smallest absolute Gasteiger partial charge is 0.0540 e. The molecule has 2 saturated carbocycles. The van der Waals surface area contributed by atoms with E-state index in [9.17, 15) is 0 Å². The maximum atomic E-state index is 2.59. The Morgan fingerprint density at radius 1 is 0.500 bits per heavy atom. The molecule has 1 nitrogen and oxygen atoms in total. The summed E-state index contributed by atoms with van der Waals surface area (Å²) in [6.45, 7) is 0. The van der Waals surface area contributed by atoms with E-state index in [1.54, 1.807) is 5.56 Å². The second-order valence-corrected chi connectivity index (χ2v) is 15.1. The topological polar surface area (TPSA) is 3.24 Å². The van der Waals surface area contributed by atoms with E-state index in [0.29, 0.717) is 5.41 Å². The Balaban J connectivity index is 1.24. The van der Waals surface area contributed by atoms with Gasteiger partial charge in [0.15, 0.2) is 0 Å². The number of rotatable bonds is 6. The molecule has 7 aromatic rings. The largest absolute Gasteiger partial charge is 0.310 e. The van der Waals surface area contributed by atoms with Crippen LogP contribution in [0.5, 0.6) is 0 Å². The Bertz CT molecular complexity index is 2180. The number of fused-ring (bicyclic) bond motifs is 4. The van der Waals surface area contributed by atoms with Crippen molar-refractivity contribution in [3.63, 3.8) is 0 Å². The van der Waals surface area contributed by atoms with Crippen molar-refractivity contribution in [1.29, 1.82) is 0 Å². The number of hydrogen-bond acceptors (Lipinski definition) is 2. The van der Waals surface area contributed by atoms with Crippen molar-refractivity contribution in [2.75, 3.05) is 4.90 Å². The average molecular weight is 640 g/mol. The fourth-order valence-corrected chi connectivity index (χ4v) is 10.2. The summed E-state index contributed by atoms with van der Waals surface area (Å²) >= 11 is 1.89. The zero-order chi connectivity index (χ0) is 31.9. The molecule has 2 heteroatoms. The van der Waals surface area contributed by atoms with E-state index in [-0.39, 0.29) is 0 Å². The highest BCUT2D eigenvalue weighted by molar-refractivity contribution is 7.25. The Hall–Kier alpha value is -4.66. The molecule has 0 aliphatic heterocycles. The highest BCUT2D eigenvalue weighted by atomic mass is 32.1. The van der Waals surface area contributed by atoms with Crippen LogP contribution in [0.15, 0.2) is 146 Å². The normalized spacial score (nSPS) is 19.3. The molecule has 2 aliphatic rings. The first-order chi connectivity index (χ1) is 23.8. The molecule has 48 heavy (non-hydrogen) atoms. The predicted molar refractivity (Wildman–Crippen MR) is 207 cm³/mol. The SMILES string of the molecule is c1ccc(-c2ccc(N(c3ccc4c(c3)sc3ccccc34)c3ccc(C45CCCCC4CCCC5)cc3-c3ccccc3)cc2)cc1. The maximum Gasteiger partial charge on any atom is 0.0540 e. The summed E-state index contributed by atoms with van der Waals surface area (Å²) in [5.74, 6) is 0.812. The number of thiophene rings is 1. The van der Waals surface area contributed by atoms with Gasteiger partial charge < -0.3 is 4.90 Å². The Labute approximate surface area is 288 Å². The average Bonchev–Trinajstić information content (AvgIpc) is 3.54. The van der Waals surface area contributed by atoms with E-state index in [2.05, 4.69) is 150 Å². The second-order valence-electron chi connectivity index (χ2n) is 14.0. The second kappa shape index (κ2) is 12.4. The summed E-state index contributed by atoms with van der Waals surface area (Å²) < 4.78 is 2.66. The van der Waals surface area contributed by atoms with Gasteiger partial charge >= 0.3 is 0 Å². The van der Waals surface area contributed by atoms with Gasteiger partial charge in [0, 0.05) is 37.1 Å². The number of hydrogen-bond donors (Lipinski definition) is 0. The first-order valence-electron chi connectivity index (χ1n) is 17.8. The molecular formula is C46H41NS. The molecule has 0 N–H and O–H groups in total. The van der Waals surface area contributed by atoms with Crippen molar-refractivity contribution in [1.82, 2.24) is 0 Å². The van der Waals surface area contributed by atoms with Crippen LogP contribution in [0.4, 0.5) is 17.1 Å². The van der Waals surface area contributed by atoms with Gasteiger partial charge in [-0.2, -0.15) is 0 Å². The molecule has 0 saturated heterocycles. The Morgan fingerprint density at radius 3 is 1.88 bits per heavy atom. The molecule has 6 aromatic carbocycles. The van der Waals surface area contributed by atoms with Crippen molar-refractivity contribution < 1.29 is 0 Å². The van der Waals surface area contributed by atoms with Crippen molar-refractivity contribution in [2.45, 2.75) is 56.8 Å². The molecule has 0 amide bonds. The lowest BCUT2D eigenvalue weighted by molar-refractivity contribution is 0.124. The molecule has 0 atom stereocenters. The van der Waals surface area contributed by atoms with Crippen LogP contribution < -0.4 is 4.90 Å². The number of benzene rings is 6. The summed E-state index contributed by atoms with van der Waals surface area (Å²) in [5.41, 5.74) is 10.6. The predicted octanol–water partition coefficient (Wildman–Crippen LogP) is 13.9. The van der Waals surface area contributed by atoms with Crippen LogP contribution in [-0.4, -0.2) is 0 Å². The van der Waals surface area contributed by atoms with Gasteiger partial charge in [-0.15, -0.1) is 11.3 Å². The molecule has 2 aliphatic carbocycles. The van der Waals surface area contributed by atoms with Gasteiger partial charge in [-0.3, -0.25) is 0 Å². The zero-order valence-electron chi connectivity index (χ0n) is 27.4. The molecule has 236 valence electrons. The van der Waals surface area contributed by atoms with Crippen molar-refractivity contribution in [3.05, 3.63) is 151 Å². The molecule has 0 unspecified atom stereocenters. The van der Waals surface area contributed by atoms with Crippen LogP contribution in [-0.2, 0) is 5.41 Å². The number of anilines is 3. The molecular weight excluding hydrogens is 599 g/mol. The van der Waals surface area contributed by atoms with Gasteiger partial charge in [-0.1, -0.05) is 129 Å². The van der Waals surface area contributed by atoms with Crippen LogP contribution in [0, 0.1) is 5.92 Å². The van der Waals surface area contributed by atoms with Crippen LogP contribution in [0.1, 0.15) is 56.9 Å². The third-order valence-electron chi connectivity index (χ3n) is 11.4. The van der Waals surface area contributed by atoms with Crippen LogP contribution >= 0.6 is 11.3 Å². The molecule has 9 rings (SSSR count). The quantitative estimate of drug-likeness (QED) is 0.175. The third-order valence-corrected chi connectivity index (χ3v) is 12.5. The van der Waals surface area contributed by atoms with Gasteiger partial charge in [0.2, 0.25) is 0 Å². The fraction of sp³-hybridized carbons (Fsp3) is 0.217. The maximum absolute atomic E-state index is 2.59. The molecule has 0 bridgehead atoms. The van der Waals surface area contributed by atoms with E-state index < -0.39 is 0 Å². The first-order valence-corrected chi connectivity index (χ1v) is 18.7. The molecule has 2 fully saturated rings.